The number of hydrogen-bond acceptors (Lipinski definition) is 8. The number of aryl methyl sites for hydroxylation is 1. The molecule has 0 radical (unpaired) electrons. The number of methoxy groups -OCH3 is 1. The molecule has 192 valence electrons. The number of carbonyl (C=O) groups is 1. The van der Waals surface area contributed by atoms with E-state index < -0.39 is 21.6 Å². The van der Waals surface area contributed by atoms with Crippen molar-refractivity contribution in [1.29, 1.82) is 0 Å². The number of anilines is 2. The van der Waals surface area contributed by atoms with Crippen LogP contribution in [-0.4, -0.2) is 37.3 Å². The van der Waals surface area contributed by atoms with Gasteiger partial charge in [-0.05, 0) is 55.3 Å². The summed E-state index contributed by atoms with van der Waals surface area (Å²) >= 11 is 6.38. The molecule has 0 unspecified atom stereocenters. The van der Waals surface area contributed by atoms with Gasteiger partial charge in [-0.15, -0.1) is 0 Å². The first-order valence-electron chi connectivity index (χ1n) is 11.5. The summed E-state index contributed by atoms with van der Waals surface area (Å²) in [5.41, 5.74) is 8.71. The third-order valence-electron chi connectivity index (χ3n) is 5.87. The maximum Gasteiger partial charge on any atom is 0.184 e. The Morgan fingerprint density at radius 2 is 1.78 bits per heavy atom. The molecule has 8 nitrogen and oxygen atoms in total. The molecule has 0 aliphatic carbocycles. The molecule has 37 heavy (non-hydrogen) atoms. The Balaban J connectivity index is 1.76. The number of carbonyl (C=O) groups excluding carboxylic acids is 1. The fourth-order valence-corrected chi connectivity index (χ4v) is 5.57. The number of fused-ring (bicyclic) bond motifs is 1. The van der Waals surface area contributed by atoms with E-state index in [1.807, 2.05) is 12.1 Å². The second-order valence-electron chi connectivity index (χ2n) is 8.77. The van der Waals surface area contributed by atoms with E-state index in [2.05, 4.69) is 15.3 Å². The number of benzene rings is 3. The predicted molar refractivity (Wildman–Crippen MR) is 145 cm³/mol. The van der Waals surface area contributed by atoms with Crippen molar-refractivity contribution < 1.29 is 17.9 Å². The van der Waals surface area contributed by atoms with Gasteiger partial charge < -0.3 is 15.8 Å². The van der Waals surface area contributed by atoms with Crippen LogP contribution in [0.15, 0.2) is 65.6 Å². The molecule has 10 heteroatoms. The first-order valence-corrected chi connectivity index (χ1v) is 13.6. The zero-order valence-corrected chi connectivity index (χ0v) is 22.2. The lowest BCUT2D eigenvalue weighted by atomic mass is 10.0. The number of nitrogens with one attached hydrogen (secondary N) is 1. The van der Waals surface area contributed by atoms with Gasteiger partial charge in [0.1, 0.15) is 11.5 Å². The highest BCUT2D eigenvalue weighted by Crippen LogP contribution is 2.32. The number of sulfone groups is 1. The number of aromatic nitrogens is 2. The van der Waals surface area contributed by atoms with Gasteiger partial charge in [-0.2, -0.15) is 0 Å². The fraction of sp³-hybridized carbons (Fsp3) is 0.222. The molecule has 3 aromatic carbocycles. The number of nitrogens with zero attached hydrogens (tertiary/aromatic N) is 2. The molecule has 1 aromatic heterocycles. The van der Waals surface area contributed by atoms with Crippen molar-refractivity contribution in [2.75, 3.05) is 12.4 Å². The average Bonchev–Trinajstić information content (AvgIpc) is 2.86. The summed E-state index contributed by atoms with van der Waals surface area (Å²) in [4.78, 5) is 21.5. The minimum absolute atomic E-state index is 0.0530. The summed E-state index contributed by atoms with van der Waals surface area (Å²) in [5.74, 6) is 0.247. The third-order valence-corrected chi connectivity index (χ3v) is 7.96. The second kappa shape index (κ2) is 10.8. The average molecular weight is 539 g/mol. The molecule has 4 rings (SSSR count). The third kappa shape index (κ3) is 6.07. The number of nitrogens with two attached hydrogens (primary N) is 1. The molecule has 0 amide bonds. The first kappa shape index (κ1) is 26.5. The van der Waals surface area contributed by atoms with Gasteiger partial charge in [0, 0.05) is 12.5 Å². The maximum atomic E-state index is 13.7. The summed E-state index contributed by atoms with van der Waals surface area (Å²) in [6.45, 7) is 3.32. The van der Waals surface area contributed by atoms with Crippen LogP contribution in [0.25, 0.3) is 11.0 Å². The van der Waals surface area contributed by atoms with Gasteiger partial charge in [0.05, 0.1) is 45.5 Å². The summed E-state index contributed by atoms with van der Waals surface area (Å²) in [7, 11) is -2.33. The molecule has 3 N–H and O–H groups in total. The van der Waals surface area contributed by atoms with Crippen molar-refractivity contribution in [3.8, 4) is 5.75 Å². The fourth-order valence-electron chi connectivity index (χ4n) is 3.80. The molecule has 0 saturated carbocycles. The van der Waals surface area contributed by atoms with E-state index >= 15 is 0 Å². The highest BCUT2D eigenvalue weighted by Gasteiger charge is 2.23. The van der Waals surface area contributed by atoms with Crippen LogP contribution in [0, 0.1) is 6.92 Å². The number of halogens is 1. The Labute approximate surface area is 220 Å². The molecule has 1 heterocycles. The van der Waals surface area contributed by atoms with Crippen LogP contribution in [0.4, 0.5) is 11.5 Å². The normalized spacial score (nSPS) is 12.4. The van der Waals surface area contributed by atoms with Gasteiger partial charge >= 0.3 is 0 Å². The largest absolute Gasteiger partial charge is 0.497 e. The molecular formula is C27H27ClN4O4S. The van der Waals surface area contributed by atoms with E-state index in [1.165, 1.54) is 6.07 Å². The zero-order valence-electron chi connectivity index (χ0n) is 20.7. The van der Waals surface area contributed by atoms with Crippen molar-refractivity contribution in [3.05, 3.63) is 82.5 Å². The lowest BCUT2D eigenvalue weighted by molar-refractivity contribution is -0.119. The minimum Gasteiger partial charge on any atom is -0.497 e. The van der Waals surface area contributed by atoms with E-state index in [-0.39, 0.29) is 28.6 Å². The minimum atomic E-state index is -3.87. The number of hydrogen-bond donors (Lipinski definition) is 2. The van der Waals surface area contributed by atoms with Crippen LogP contribution in [0.3, 0.4) is 0 Å². The monoisotopic (exact) mass is 538 g/mol. The SMILES string of the molecule is COc1ccc(Cl)c(Nc2nc3ccccc3nc2CS(=O)(=O)c2cc(CC(=O)[C@H](C)N)ccc2C)c1. The van der Waals surface area contributed by atoms with Crippen LogP contribution < -0.4 is 15.8 Å². The van der Waals surface area contributed by atoms with Crippen LogP contribution >= 0.6 is 11.6 Å². The lowest BCUT2D eigenvalue weighted by Gasteiger charge is -2.15. The molecule has 0 spiro atoms. The summed E-state index contributed by atoms with van der Waals surface area (Å²) in [6, 6.07) is 16.6. The number of ether oxygens (including phenoxy) is 1. The highest BCUT2D eigenvalue weighted by molar-refractivity contribution is 7.90. The molecule has 0 aliphatic heterocycles. The van der Waals surface area contributed by atoms with Crippen LogP contribution in [-0.2, 0) is 26.8 Å². The Kier molecular flexibility index (Phi) is 7.77. The first-order chi connectivity index (χ1) is 17.6. The van der Waals surface area contributed by atoms with E-state index in [9.17, 15) is 13.2 Å². The van der Waals surface area contributed by atoms with Gasteiger partial charge in [0.25, 0.3) is 0 Å². The van der Waals surface area contributed by atoms with E-state index in [4.69, 9.17) is 22.1 Å². The molecule has 4 aromatic rings. The predicted octanol–water partition coefficient (Wildman–Crippen LogP) is 4.78. The Bertz CT molecular complexity index is 1590. The molecular weight excluding hydrogens is 512 g/mol. The molecule has 0 aliphatic rings. The van der Waals surface area contributed by atoms with Gasteiger partial charge in [-0.25, -0.2) is 18.4 Å². The highest BCUT2D eigenvalue weighted by atomic mass is 35.5. The Morgan fingerprint density at radius 3 is 2.46 bits per heavy atom. The smallest absolute Gasteiger partial charge is 0.184 e. The summed E-state index contributed by atoms with van der Waals surface area (Å²) in [6.07, 6.45) is 0.0530. The quantitative estimate of drug-likeness (QED) is 0.312. The standard InChI is InChI=1S/C27H27ClN4O4S/c1-16-8-9-18(12-25(33)17(2)29)13-26(16)37(34,35)15-24-27(31-22-7-5-4-6-21(22)30-24)32-23-14-19(36-3)10-11-20(23)28/h4-11,13-14,17H,12,15,29H2,1-3H3,(H,31,32)/t17-/m0/s1. The summed E-state index contributed by atoms with van der Waals surface area (Å²) < 4.78 is 32.6. The van der Waals surface area contributed by atoms with Crippen molar-refractivity contribution in [2.24, 2.45) is 5.73 Å². The van der Waals surface area contributed by atoms with Gasteiger partial charge in [0.15, 0.2) is 21.4 Å². The van der Waals surface area contributed by atoms with Crippen LogP contribution in [0.5, 0.6) is 5.75 Å². The van der Waals surface area contributed by atoms with Gasteiger partial charge in [-0.3, -0.25) is 4.79 Å². The van der Waals surface area contributed by atoms with Gasteiger partial charge in [0.2, 0.25) is 0 Å². The van der Waals surface area contributed by atoms with Crippen molar-refractivity contribution in [1.82, 2.24) is 9.97 Å². The Hall–Kier alpha value is -3.53. The van der Waals surface area contributed by atoms with Crippen molar-refractivity contribution >= 4 is 49.8 Å². The number of Topliss-reactive ketones (excluding diaryl/α,β-unsaturated/α-hetero) is 1. The van der Waals surface area contributed by atoms with E-state index in [0.717, 1.165) is 0 Å². The molecule has 1 atom stereocenters. The number of para-hydroxylation sites is 2. The van der Waals surface area contributed by atoms with Crippen molar-refractivity contribution in [3.63, 3.8) is 0 Å². The molecule has 0 saturated heterocycles. The maximum absolute atomic E-state index is 13.7. The zero-order chi connectivity index (χ0) is 26.7. The van der Waals surface area contributed by atoms with E-state index in [0.29, 0.717) is 38.6 Å². The Morgan fingerprint density at radius 1 is 1.08 bits per heavy atom. The second-order valence-corrected chi connectivity index (χ2v) is 11.1. The number of rotatable bonds is 9. The molecule has 0 fully saturated rings. The number of ketones is 1. The lowest BCUT2D eigenvalue weighted by Crippen LogP contribution is -2.28. The molecule has 0 bridgehead atoms. The van der Waals surface area contributed by atoms with Crippen molar-refractivity contribution in [2.45, 2.75) is 37.0 Å². The van der Waals surface area contributed by atoms with E-state index in [1.54, 1.807) is 63.4 Å². The summed E-state index contributed by atoms with van der Waals surface area (Å²) in [5, 5.41) is 3.55. The topological polar surface area (TPSA) is 124 Å². The van der Waals surface area contributed by atoms with Crippen LogP contribution in [0.1, 0.15) is 23.7 Å². The van der Waals surface area contributed by atoms with Crippen LogP contribution in [0.2, 0.25) is 5.02 Å². The van der Waals surface area contributed by atoms with Gasteiger partial charge in [-0.1, -0.05) is 35.9 Å².